The second-order valence-electron chi connectivity index (χ2n) is 3.01. The molecule has 15 heavy (non-hydrogen) atoms. The van der Waals surface area contributed by atoms with Crippen molar-refractivity contribution in [3.05, 3.63) is 0 Å². The summed E-state index contributed by atoms with van der Waals surface area (Å²) in [6.45, 7) is 6.44. The summed E-state index contributed by atoms with van der Waals surface area (Å²) in [6, 6.07) is 0. The Morgan fingerprint density at radius 2 is 1.47 bits per heavy atom. The molecule has 0 spiro atoms. The monoisotopic (exact) mass is 215 g/mol. The molecule has 0 aromatic rings. The minimum Gasteiger partial charge on any atom is -0.329 e. The van der Waals surface area contributed by atoms with Crippen molar-refractivity contribution < 1.29 is 4.79 Å². The average molecular weight is 215 g/mol. The van der Waals surface area contributed by atoms with Gasteiger partial charge >= 0.3 is 0 Å². The molecule has 0 fully saturated rings. The van der Waals surface area contributed by atoms with Crippen LogP contribution in [0.15, 0.2) is 4.99 Å². The number of isocyanates is 1. The zero-order valence-electron chi connectivity index (χ0n) is 9.09. The van der Waals surface area contributed by atoms with E-state index in [2.05, 4.69) is 20.9 Å². The van der Waals surface area contributed by atoms with E-state index in [4.69, 9.17) is 5.73 Å². The van der Waals surface area contributed by atoms with Gasteiger partial charge in [-0.25, -0.2) is 9.79 Å². The van der Waals surface area contributed by atoms with Crippen LogP contribution in [0.1, 0.15) is 0 Å². The largest absolute Gasteiger partial charge is 0.329 e. The fourth-order valence-electron chi connectivity index (χ4n) is 1.01. The third-order valence-corrected chi connectivity index (χ3v) is 1.74. The van der Waals surface area contributed by atoms with E-state index in [1.54, 1.807) is 0 Å². The summed E-state index contributed by atoms with van der Waals surface area (Å²) in [5, 5.41) is 9.60. The molecule has 0 unspecified atom stereocenters. The normalized spacial score (nSPS) is 9.93. The van der Waals surface area contributed by atoms with E-state index in [1.807, 2.05) is 0 Å². The summed E-state index contributed by atoms with van der Waals surface area (Å²) in [7, 11) is 0. The molecule has 0 radical (unpaired) electrons. The van der Waals surface area contributed by atoms with Gasteiger partial charge in [0.25, 0.3) is 0 Å². The Morgan fingerprint density at radius 1 is 0.933 bits per heavy atom. The Labute approximate surface area is 90.7 Å². The summed E-state index contributed by atoms with van der Waals surface area (Å²) < 4.78 is 0. The Morgan fingerprint density at radius 3 is 2.00 bits per heavy atom. The number of hydrogen-bond donors (Lipinski definition) is 4. The van der Waals surface area contributed by atoms with Crippen LogP contribution in [0.2, 0.25) is 0 Å². The van der Waals surface area contributed by atoms with E-state index in [0.29, 0.717) is 13.1 Å². The van der Waals surface area contributed by atoms with Gasteiger partial charge in [0.15, 0.2) is 0 Å². The van der Waals surface area contributed by atoms with Crippen LogP contribution < -0.4 is 21.7 Å². The zero-order chi connectivity index (χ0) is 11.2. The van der Waals surface area contributed by atoms with Crippen molar-refractivity contribution in [3.8, 4) is 0 Å². The van der Waals surface area contributed by atoms with Crippen LogP contribution in [-0.2, 0) is 4.79 Å². The molecule has 88 valence electrons. The molecule has 0 saturated heterocycles. The van der Waals surface area contributed by atoms with Gasteiger partial charge in [-0.15, -0.1) is 0 Å². The van der Waals surface area contributed by atoms with Gasteiger partial charge < -0.3 is 21.7 Å². The smallest absolute Gasteiger partial charge is 0.234 e. The van der Waals surface area contributed by atoms with Crippen molar-refractivity contribution >= 4 is 6.08 Å². The van der Waals surface area contributed by atoms with E-state index in [1.165, 1.54) is 6.08 Å². The predicted molar refractivity (Wildman–Crippen MR) is 60.7 cm³/mol. The lowest BCUT2D eigenvalue weighted by Gasteiger charge is -2.06. The topological polar surface area (TPSA) is 91.5 Å². The maximum atomic E-state index is 9.72. The Balaban J connectivity index is 2.89. The number of rotatable bonds is 11. The molecular weight excluding hydrogens is 194 g/mol. The maximum absolute atomic E-state index is 9.72. The highest BCUT2D eigenvalue weighted by molar-refractivity contribution is 5.32. The Kier molecular flexibility index (Phi) is 12.5. The molecule has 0 rings (SSSR count). The van der Waals surface area contributed by atoms with Gasteiger partial charge in [-0.1, -0.05) is 0 Å². The SMILES string of the molecule is NCCNCCNCCNCCN=C=O. The second kappa shape index (κ2) is 13.2. The Bertz CT molecular complexity index is 170. The number of aliphatic imine (C=N–C) groups is 1. The quantitative estimate of drug-likeness (QED) is 0.183. The molecule has 0 saturated carbocycles. The number of hydrogen-bond acceptors (Lipinski definition) is 6. The van der Waals surface area contributed by atoms with Gasteiger partial charge in [0, 0.05) is 45.8 Å². The maximum Gasteiger partial charge on any atom is 0.234 e. The van der Waals surface area contributed by atoms with Crippen molar-refractivity contribution in [2.75, 3.05) is 52.4 Å². The molecule has 0 aromatic heterocycles. The molecule has 0 aliphatic carbocycles. The fourth-order valence-corrected chi connectivity index (χ4v) is 1.01. The van der Waals surface area contributed by atoms with Gasteiger partial charge in [0.1, 0.15) is 0 Å². The van der Waals surface area contributed by atoms with Gasteiger partial charge in [0.05, 0.1) is 6.54 Å². The molecule has 5 N–H and O–H groups in total. The molecule has 6 heteroatoms. The zero-order valence-corrected chi connectivity index (χ0v) is 9.09. The van der Waals surface area contributed by atoms with Crippen LogP contribution in [-0.4, -0.2) is 58.4 Å². The lowest BCUT2D eigenvalue weighted by atomic mass is 10.5. The van der Waals surface area contributed by atoms with Crippen molar-refractivity contribution in [1.82, 2.24) is 16.0 Å². The van der Waals surface area contributed by atoms with E-state index in [0.717, 1.165) is 39.3 Å². The van der Waals surface area contributed by atoms with E-state index >= 15 is 0 Å². The van der Waals surface area contributed by atoms with Crippen LogP contribution in [0.5, 0.6) is 0 Å². The average Bonchev–Trinajstić information content (AvgIpc) is 2.26. The van der Waals surface area contributed by atoms with Crippen LogP contribution in [0.3, 0.4) is 0 Å². The third-order valence-electron chi connectivity index (χ3n) is 1.74. The molecule has 0 aliphatic rings. The lowest BCUT2D eigenvalue weighted by molar-refractivity contribution is 0.560. The summed E-state index contributed by atoms with van der Waals surface area (Å²) in [5.41, 5.74) is 5.32. The molecule has 0 heterocycles. The molecule has 0 atom stereocenters. The van der Waals surface area contributed by atoms with E-state index in [-0.39, 0.29) is 0 Å². The first-order valence-electron chi connectivity index (χ1n) is 5.27. The molecule has 6 nitrogen and oxygen atoms in total. The highest BCUT2D eigenvalue weighted by Crippen LogP contribution is 1.64. The third kappa shape index (κ3) is 13.2. The Hall–Kier alpha value is -0.780. The van der Waals surface area contributed by atoms with Crippen LogP contribution in [0, 0.1) is 0 Å². The number of nitrogens with one attached hydrogen (secondary N) is 3. The highest BCUT2D eigenvalue weighted by atomic mass is 16.1. The van der Waals surface area contributed by atoms with Crippen molar-refractivity contribution in [2.45, 2.75) is 0 Å². The van der Waals surface area contributed by atoms with Crippen LogP contribution in [0.25, 0.3) is 0 Å². The number of nitrogens with two attached hydrogens (primary N) is 1. The first kappa shape index (κ1) is 14.2. The number of carbonyl (C=O) groups excluding carboxylic acids is 1. The van der Waals surface area contributed by atoms with Crippen molar-refractivity contribution in [3.63, 3.8) is 0 Å². The minimum absolute atomic E-state index is 0.502. The first-order valence-corrected chi connectivity index (χ1v) is 5.27. The lowest BCUT2D eigenvalue weighted by Crippen LogP contribution is -2.34. The minimum atomic E-state index is 0.502. The van der Waals surface area contributed by atoms with Crippen molar-refractivity contribution in [1.29, 1.82) is 0 Å². The van der Waals surface area contributed by atoms with Crippen molar-refractivity contribution in [2.24, 2.45) is 10.7 Å². The summed E-state index contributed by atoms with van der Waals surface area (Å²) in [6.07, 6.45) is 1.50. The van der Waals surface area contributed by atoms with Gasteiger partial charge in [-0.05, 0) is 0 Å². The molecular formula is C9H21N5O. The van der Waals surface area contributed by atoms with Gasteiger partial charge in [-0.2, -0.15) is 0 Å². The van der Waals surface area contributed by atoms with Crippen LogP contribution >= 0.6 is 0 Å². The van der Waals surface area contributed by atoms with Gasteiger partial charge in [0.2, 0.25) is 6.08 Å². The van der Waals surface area contributed by atoms with E-state index in [9.17, 15) is 4.79 Å². The predicted octanol–water partition coefficient (Wildman–Crippen LogP) is -1.95. The molecule has 0 amide bonds. The second-order valence-corrected chi connectivity index (χ2v) is 3.01. The molecule has 0 aromatic carbocycles. The summed E-state index contributed by atoms with van der Waals surface area (Å²) >= 11 is 0. The van der Waals surface area contributed by atoms with Gasteiger partial charge in [-0.3, -0.25) is 0 Å². The van der Waals surface area contributed by atoms with Crippen LogP contribution in [0.4, 0.5) is 0 Å². The standard InChI is InChI=1S/C9H21N5O/c10-1-2-11-3-4-12-5-6-13-7-8-14-9-15/h11-13H,1-8,10H2. The summed E-state index contributed by atoms with van der Waals surface area (Å²) in [5.74, 6) is 0. The van der Waals surface area contributed by atoms with E-state index < -0.39 is 0 Å². The first-order chi connectivity index (χ1) is 7.41. The number of nitrogens with zero attached hydrogens (tertiary/aromatic N) is 1. The summed E-state index contributed by atoms with van der Waals surface area (Å²) in [4.78, 5) is 13.1. The molecule has 0 bridgehead atoms. The molecule has 0 aliphatic heterocycles. The fraction of sp³-hybridized carbons (Fsp3) is 0.889. The highest BCUT2D eigenvalue weighted by Gasteiger charge is 1.88.